The topological polar surface area (TPSA) is 3.24 Å². The SMILES string of the molecule is C=CCCC1CCC2(CC1)CCN(c1cc(CC3CCC3)ccc1F)CC2. The number of halogens is 1. The minimum absolute atomic E-state index is 0.0311. The molecule has 0 unspecified atom stereocenters. The van der Waals surface area contributed by atoms with Gasteiger partial charge in [-0.1, -0.05) is 31.4 Å². The zero-order chi connectivity index (χ0) is 18.7. The molecule has 3 fully saturated rings. The standard InChI is InChI=1S/C25H36FN/c1-2-3-5-20-10-12-25(13-11-20)14-16-27(17-15-25)24-19-22(8-9-23(24)26)18-21-6-4-7-21/h2,8-9,19-21H,1,3-7,10-18H2. The lowest BCUT2D eigenvalue weighted by molar-refractivity contribution is 0.111. The van der Waals surface area contributed by atoms with E-state index in [1.54, 1.807) is 6.07 Å². The Hall–Kier alpha value is -1.31. The molecule has 0 amide bonds. The van der Waals surface area contributed by atoms with Crippen LogP contribution in [-0.4, -0.2) is 13.1 Å². The molecule has 1 heterocycles. The van der Waals surface area contributed by atoms with Crippen molar-refractivity contribution in [3.8, 4) is 0 Å². The zero-order valence-corrected chi connectivity index (χ0v) is 16.9. The number of nitrogens with zero attached hydrogens (tertiary/aromatic N) is 1. The number of benzene rings is 1. The second-order valence-corrected chi connectivity index (χ2v) is 9.58. The van der Waals surface area contributed by atoms with E-state index < -0.39 is 0 Å². The summed E-state index contributed by atoms with van der Waals surface area (Å²) in [6, 6.07) is 5.86. The van der Waals surface area contributed by atoms with E-state index in [4.69, 9.17) is 0 Å². The summed E-state index contributed by atoms with van der Waals surface area (Å²) in [7, 11) is 0. The van der Waals surface area contributed by atoms with Crippen LogP contribution in [0.15, 0.2) is 30.9 Å². The molecule has 0 radical (unpaired) electrons. The van der Waals surface area contributed by atoms with Gasteiger partial charge in [0.2, 0.25) is 0 Å². The van der Waals surface area contributed by atoms with E-state index >= 15 is 0 Å². The number of hydrogen-bond donors (Lipinski definition) is 0. The first-order valence-electron chi connectivity index (χ1n) is 11.3. The highest BCUT2D eigenvalue weighted by atomic mass is 19.1. The average Bonchev–Trinajstić information content (AvgIpc) is 2.66. The second kappa shape index (κ2) is 8.37. The Morgan fingerprint density at radius 1 is 1.04 bits per heavy atom. The summed E-state index contributed by atoms with van der Waals surface area (Å²) in [6.07, 6.45) is 17.8. The first kappa shape index (κ1) is 19.0. The van der Waals surface area contributed by atoms with Crippen LogP contribution in [-0.2, 0) is 6.42 Å². The highest BCUT2D eigenvalue weighted by Gasteiger charge is 2.38. The van der Waals surface area contributed by atoms with Crippen LogP contribution in [0.4, 0.5) is 10.1 Å². The molecule has 0 atom stereocenters. The van der Waals surface area contributed by atoms with Crippen LogP contribution in [0.3, 0.4) is 0 Å². The van der Waals surface area contributed by atoms with Crippen molar-refractivity contribution in [2.75, 3.05) is 18.0 Å². The van der Waals surface area contributed by atoms with Gasteiger partial charge in [-0.25, -0.2) is 4.39 Å². The number of piperidine rings is 1. The largest absolute Gasteiger partial charge is 0.369 e. The fraction of sp³-hybridized carbons (Fsp3) is 0.680. The van der Waals surface area contributed by atoms with Gasteiger partial charge in [0.25, 0.3) is 0 Å². The Balaban J connectivity index is 1.34. The molecule has 2 saturated carbocycles. The minimum Gasteiger partial charge on any atom is -0.369 e. The molecule has 2 heteroatoms. The van der Waals surface area contributed by atoms with Gasteiger partial charge < -0.3 is 4.90 Å². The molecule has 1 spiro atoms. The van der Waals surface area contributed by atoms with Crippen molar-refractivity contribution in [3.05, 3.63) is 42.2 Å². The van der Waals surface area contributed by atoms with Gasteiger partial charge in [0.1, 0.15) is 5.82 Å². The Kier molecular flexibility index (Phi) is 5.90. The van der Waals surface area contributed by atoms with Crippen molar-refractivity contribution in [2.45, 2.75) is 77.0 Å². The summed E-state index contributed by atoms with van der Waals surface area (Å²) < 4.78 is 14.5. The van der Waals surface area contributed by atoms with Crippen LogP contribution < -0.4 is 4.90 Å². The number of hydrogen-bond acceptors (Lipinski definition) is 1. The predicted octanol–water partition coefficient (Wildman–Crippen LogP) is 6.91. The maximum absolute atomic E-state index is 14.5. The molecular formula is C25H36FN. The molecule has 3 aliphatic rings. The van der Waals surface area contributed by atoms with Gasteiger partial charge in [0.15, 0.2) is 0 Å². The normalized spacial score (nSPS) is 23.4. The minimum atomic E-state index is -0.0311. The van der Waals surface area contributed by atoms with Gasteiger partial charge in [-0.05, 0) is 92.7 Å². The van der Waals surface area contributed by atoms with Crippen LogP contribution in [0.5, 0.6) is 0 Å². The molecule has 1 aliphatic heterocycles. The van der Waals surface area contributed by atoms with Crippen LogP contribution in [0.25, 0.3) is 0 Å². The van der Waals surface area contributed by atoms with Gasteiger partial charge in [-0.3, -0.25) is 0 Å². The van der Waals surface area contributed by atoms with Gasteiger partial charge in [-0.2, -0.15) is 0 Å². The summed E-state index contributed by atoms with van der Waals surface area (Å²) in [5.41, 5.74) is 2.74. The third-order valence-electron chi connectivity index (χ3n) is 7.87. The van der Waals surface area contributed by atoms with Crippen molar-refractivity contribution in [3.63, 3.8) is 0 Å². The quantitative estimate of drug-likeness (QED) is 0.492. The van der Waals surface area contributed by atoms with Crippen molar-refractivity contribution in [1.29, 1.82) is 0 Å². The van der Waals surface area contributed by atoms with Gasteiger partial charge in [0.05, 0.1) is 5.69 Å². The first-order chi connectivity index (χ1) is 13.2. The first-order valence-corrected chi connectivity index (χ1v) is 11.3. The molecule has 0 aromatic heterocycles. The van der Waals surface area contributed by atoms with Crippen molar-refractivity contribution in [2.24, 2.45) is 17.3 Å². The van der Waals surface area contributed by atoms with Crippen molar-refractivity contribution >= 4 is 5.69 Å². The highest BCUT2D eigenvalue weighted by molar-refractivity contribution is 5.50. The van der Waals surface area contributed by atoms with E-state index in [0.717, 1.165) is 37.0 Å². The fourth-order valence-electron chi connectivity index (χ4n) is 5.61. The van der Waals surface area contributed by atoms with E-state index in [1.165, 1.54) is 76.2 Å². The van der Waals surface area contributed by atoms with Gasteiger partial charge in [0, 0.05) is 13.1 Å². The molecule has 1 aromatic rings. The van der Waals surface area contributed by atoms with E-state index in [2.05, 4.69) is 23.6 Å². The van der Waals surface area contributed by atoms with Crippen LogP contribution in [0.2, 0.25) is 0 Å². The molecule has 148 valence electrons. The van der Waals surface area contributed by atoms with Crippen molar-refractivity contribution < 1.29 is 4.39 Å². The smallest absolute Gasteiger partial charge is 0.146 e. The van der Waals surface area contributed by atoms with E-state index in [-0.39, 0.29) is 5.82 Å². The van der Waals surface area contributed by atoms with E-state index in [0.29, 0.717) is 5.41 Å². The van der Waals surface area contributed by atoms with Crippen LogP contribution in [0, 0.1) is 23.1 Å². The predicted molar refractivity (Wildman–Crippen MR) is 113 cm³/mol. The Labute approximate surface area is 165 Å². The number of anilines is 1. The Morgan fingerprint density at radius 3 is 2.41 bits per heavy atom. The van der Waals surface area contributed by atoms with Gasteiger partial charge >= 0.3 is 0 Å². The van der Waals surface area contributed by atoms with E-state index in [1.807, 2.05) is 6.07 Å². The monoisotopic (exact) mass is 369 g/mol. The Morgan fingerprint density at radius 2 is 1.78 bits per heavy atom. The lowest BCUT2D eigenvalue weighted by atomic mass is 9.65. The summed E-state index contributed by atoms with van der Waals surface area (Å²) in [6.45, 7) is 5.92. The number of rotatable bonds is 6. The Bertz CT molecular complexity index is 630. The maximum atomic E-state index is 14.5. The summed E-state index contributed by atoms with van der Waals surface area (Å²) in [4.78, 5) is 2.33. The molecule has 4 rings (SSSR count). The highest BCUT2D eigenvalue weighted by Crippen LogP contribution is 2.48. The summed E-state index contributed by atoms with van der Waals surface area (Å²) in [5, 5.41) is 0. The summed E-state index contributed by atoms with van der Waals surface area (Å²) >= 11 is 0. The molecular weight excluding hydrogens is 333 g/mol. The molecule has 0 N–H and O–H groups in total. The molecule has 27 heavy (non-hydrogen) atoms. The molecule has 1 aromatic carbocycles. The van der Waals surface area contributed by atoms with Crippen LogP contribution >= 0.6 is 0 Å². The molecule has 2 aliphatic carbocycles. The third-order valence-corrected chi connectivity index (χ3v) is 7.87. The molecule has 1 saturated heterocycles. The lowest BCUT2D eigenvalue weighted by Gasteiger charge is -2.46. The van der Waals surface area contributed by atoms with Crippen LogP contribution in [0.1, 0.15) is 76.2 Å². The third kappa shape index (κ3) is 4.41. The molecule has 0 bridgehead atoms. The lowest BCUT2D eigenvalue weighted by Crippen LogP contribution is -2.42. The van der Waals surface area contributed by atoms with E-state index in [9.17, 15) is 4.39 Å². The fourth-order valence-corrected chi connectivity index (χ4v) is 5.61. The zero-order valence-electron chi connectivity index (χ0n) is 16.9. The van der Waals surface area contributed by atoms with Gasteiger partial charge in [-0.15, -0.1) is 6.58 Å². The average molecular weight is 370 g/mol. The number of allylic oxidation sites excluding steroid dienone is 1. The van der Waals surface area contributed by atoms with Crippen molar-refractivity contribution in [1.82, 2.24) is 0 Å². The second-order valence-electron chi connectivity index (χ2n) is 9.58. The summed E-state index contributed by atoms with van der Waals surface area (Å²) in [5.74, 6) is 1.72. The molecule has 1 nitrogen and oxygen atoms in total. The maximum Gasteiger partial charge on any atom is 0.146 e.